The summed E-state index contributed by atoms with van der Waals surface area (Å²) in [6.07, 6.45) is 2.23. The minimum absolute atomic E-state index is 0.158. The molecule has 0 aliphatic rings. The maximum absolute atomic E-state index is 10.6. The molecule has 6 heteroatoms. The number of aryl methyl sites for hydroxylation is 1. The molecule has 1 heterocycles. The molecular formula is C9H13N3O3. The first-order valence-electron chi connectivity index (χ1n) is 4.42. The zero-order valence-electron chi connectivity index (χ0n) is 8.60. The highest BCUT2D eigenvalue weighted by Crippen LogP contribution is 2.06. The molecule has 0 spiro atoms. The van der Waals surface area contributed by atoms with Crippen LogP contribution in [0.1, 0.15) is 5.69 Å². The summed E-state index contributed by atoms with van der Waals surface area (Å²) in [7, 11) is 1.35. The van der Waals surface area contributed by atoms with Gasteiger partial charge in [0.05, 0.1) is 12.2 Å². The zero-order valence-corrected chi connectivity index (χ0v) is 8.60. The number of nitrogens with zero attached hydrogens (tertiary/aromatic N) is 2. The van der Waals surface area contributed by atoms with E-state index in [0.717, 1.165) is 5.69 Å². The molecule has 0 aliphatic carbocycles. The van der Waals surface area contributed by atoms with Gasteiger partial charge in [0.2, 0.25) is 0 Å². The summed E-state index contributed by atoms with van der Waals surface area (Å²) in [5.74, 6) is -0.438. The largest absolute Gasteiger partial charge is 0.479 e. The highest BCUT2D eigenvalue weighted by molar-refractivity contribution is 5.73. The van der Waals surface area contributed by atoms with E-state index in [2.05, 4.69) is 15.3 Å². The molecule has 1 aromatic heterocycles. The average Bonchev–Trinajstić information content (AvgIpc) is 2.21. The maximum Gasteiger partial charge on any atom is 0.334 e. The molecule has 15 heavy (non-hydrogen) atoms. The van der Waals surface area contributed by atoms with Gasteiger partial charge in [0.15, 0.2) is 6.10 Å². The predicted octanol–water partition coefficient (Wildman–Crippen LogP) is 0.297. The van der Waals surface area contributed by atoms with Gasteiger partial charge in [-0.05, 0) is 6.92 Å². The van der Waals surface area contributed by atoms with Gasteiger partial charge in [0, 0.05) is 19.5 Å². The molecule has 82 valence electrons. The molecule has 0 amide bonds. The number of ether oxygens (including phenoxy) is 1. The van der Waals surface area contributed by atoms with Gasteiger partial charge in [0.1, 0.15) is 5.82 Å². The van der Waals surface area contributed by atoms with Crippen LogP contribution in [0.5, 0.6) is 0 Å². The number of hydrogen-bond donors (Lipinski definition) is 2. The van der Waals surface area contributed by atoms with Crippen LogP contribution in [0.4, 0.5) is 5.82 Å². The van der Waals surface area contributed by atoms with Crippen molar-refractivity contribution in [1.29, 1.82) is 0 Å². The number of carboxylic acids is 1. The van der Waals surface area contributed by atoms with Crippen molar-refractivity contribution in [3.05, 3.63) is 18.1 Å². The predicted molar refractivity (Wildman–Crippen MR) is 53.7 cm³/mol. The number of aromatic nitrogens is 2. The second kappa shape index (κ2) is 5.26. The molecule has 0 radical (unpaired) electrons. The molecule has 0 saturated heterocycles. The Kier molecular flexibility index (Phi) is 3.99. The van der Waals surface area contributed by atoms with Crippen LogP contribution < -0.4 is 5.32 Å². The summed E-state index contributed by atoms with van der Waals surface area (Å²) in [5.41, 5.74) is 0.720. The highest BCUT2D eigenvalue weighted by Gasteiger charge is 2.16. The molecule has 1 rings (SSSR count). The fourth-order valence-corrected chi connectivity index (χ4v) is 1.04. The van der Waals surface area contributed by atoms with E-state index >= 15 is 0 Å². The third-order valence-corrected chi connectivity index (χ3v) is 1.90. The number of carbonyl (C=O) groups is 1. The minimum Gasteiger partial charge on any atom is -0.479 e. The van der Waals surface area contributed by atoms with Crippen LogP contribution in [0, 0.1) is 6.92 Å². The monoisotopic (exact) mass is 211 g/mol. The van der Waals surface area contributed by atoms with E-state index in [1.54, 1.807) is 13.1 Å². The summed E-state index contributed by atoms with van der Waals surface area (Å²) in [6.45, 7) is 1.95. The Morgan fingerprint density at radius 3 is 2.80 bits per heavy atom. The number of hydrogen-bond acceptors (Lipinski definition) is 5. The fraction of sp³-hybridized carbons (Fsp3) is 0.444. The van der Waals surface area contributed by atoms with Gasteiger partial charge < -0.3 is 15.2 Å². The van der Waals surface area contributed by atoms with Crippen molar-refractivity contribution >= 4 is 11.8 Å². The maximum atomic E-state index is 10.6. The van der Waals surface area contributed by atoms with Crippen LogP contribution in [-0.4, -0.2) is 40.8 Å². The molecule has 1 atom stereocenters. The van der Waals surface area contributed by atoms with Crippen molar-refractivity contribution in [2.75, 3.05) is 19.0 Å². The van der Waals surface area contributed by atoms with E-state index < -0.39 is 12.1 Å². The van der Waals surface area contributed by atoms with Crippen LogP contribution >= 0.6 is 0 Å². The average molecular weight is 211 g/mol. The van der Waals surface area contributed by atoms with Crippen molar-refractivity contribution in [2.24, 2.45) is 0 Å². The van der Waals surface area contributed by atoms with Crippen LogP contribution in [0.3, 0.4) is 0 Å². The molecule has 2 N–H and O–H groups in total. The lowest BCUT2D eigenvalue weighted by Crippen LogP contribution is -2.30. The van der Waals surface area contributed by atoms with Crippen LogP contribution in [0.25, 0.3) is 0 Å². The summed E-state index contributed by atoms with van der Waals surface area (Å²) in [6, 6.07) is 0. The van der Waals surface area contributed by atoms with Crippen LogP contribution in [0.2, 0.25) is 0 Å². The van der Waals surface area contributed by atoms with E-state index in [1.165, 1.54) is 13.3 Å². The number of nitrogens with one attached hydrogen (secondary N) is 1. The summed E-state index contributed by atoms with van der Waals surface area (Å²) < 4.78 is 4.76. The van der Waals surface area contributed by atoms with Crippen LogP contribution in [-0.2, 0) is 9.53 Å². The molecule has 6 nitrogen and oxygen atoms in total. The zero-order chi connectivity index (χ0) is 11.3. The van der Waals surface area contributed by atoms with Gasteiger partial charge in [-0.2, -0.15) is 0 Å². The van der Waals surface area contributed by atoms with Gasteiger partial charge in [-0.3, -0.25) is 4.98 Å². The summed E-state index contributed by atoms with van der Waals surface area (Å²) >= 11 is 0. The standard InChI is InChI=1S/C9H13N3O3/c1-6-8(11-4-3-10-6)12-5-7(15-2)9(13)14/h3-4,7H,5H2,1-2H3,(H,11,12)(H,13,14). The molecule has 1 aromatic rings. The lowest BCUT2D eigenvalue weighted by Gasteiger charge is -2.12. The number of rotatable bonds is 5. The van der Waals surface area contributed by atoms with E-state index in [9.17, 15) is 4.79 Å². The van der Waals surface area contributed by atoms with Gasteiger partial charge in [-0.25, -0.2) is 9.78 Å². The first kappa shape index (κ1) is 11.4. The van der Waals surface area contributed by atoms with Gasteiger partial charge in [0.25, 0.3) is 0 Å². The lowest BCUT2D eigenvalue weighted by atomic mass is 10.3. The SMILES string of the molecule is COC(CNc1nccnc1C)C(=O)O. The smallest absolute Gasteiger partial charge is 0.334 e. The minimum atomic E-state index is -1.01. The van der Waals surface area contributed by atoms with E-state index in [4.69, 9.17) is 9.84 Å². The van der Waals surface area contributed by atoms with Gasteiger partial charge in [-0.1, -0.05) is 0 Å². The Morgan fingerprint density at radius 2 is 2.27 bits per heavy atom. The van der Waals surface area contributed by atoms with Gasteiger partial charge >= 0.3 is 5.97 Å². The highest BCUT2D eigenvalue weighted by atomic mass is 16.5. The molecule has 0 aliphatic heterocycles. The third-order valence-electron chi connectivity index (χ3n) is 1.90. The molecular weight excluding hydrogens is 198 g/mol. The summed E-state index contributed by atoms with van der Waals surface area (Å²) in [5, 5.41) is 11.6. The van der Waals surface area contributed by atoms with Crippen molar-refractivity contribution in [3.63, 3.8) is 0 Å². The fourth-order valence-electron chi connectivity index (χ4n) is 1.04. The number of carboxylic acid groups (broad SMARTS) is 1. The first-order chi connectivity index (χ1) is 7.15. The molecule has 1 unspecified atom stereocenters. The topological polar surface area (TPSA) is 84.3 Å². The molecule has 0 aromatic carbocycles. The van der Waals surface area contributed by atoms with Crippen LogP contribution in [0.15, 0.2) is 12.4 Å². The molecule has 0 bridgehead atoms. The second-order valence-corrected chi connectivity index (χ2v) is 2.93. The van der Waals surface area contributed by atoms with Crippen molar-refractivity contribution in [1.82, 2.24) is 9.97 Å². The quantitative estimate of drug-likeness (QED) is 0.728. The Hall–Kier alpha value is -1.69. The lowest BCUT2D eigenvalue weighted by molar-refractivity contribution is -0.147. The van der Waals surface area contributed by atoms with E-state index in [-0.39, 0.29) is 6.54 Å². The third kappa shape index (κ3) is 3.17. The Balaban J connectivity index is 2.56. The first-order valence-corrected chi connectivity index (χ1v) is 4.42. The molecule has 0 saturated carbocycles. The summed E-state index contributed by atoms with van der Waals surface area (Å²) in [4.78, 5) is 18.7. The van der Waals surface area contributed by atoms with E-state index in [0.29, 0.717) is 5.82 Å². The van der Waals surface area contributed by atoms with Crippen molar-refractivity contribution < 1.29 is 14.6 Å². The van der Waals surface area contributed by atoms with E-state index in [1.807, 2.05) is 0 Å². The van der Waals surface area contributed by atoms with Crippen molar-refractivity contribution in [3.8, 4) is 0 Å². The number of aliphatic carboxylic acids is 1. The number of anilines is 1. The van der Waals surface area contributed by atoms with Crippen molar-refractivity contribution in [2.45, 2.75) is 13.0 Å². The Bertz CT molecular complexity index is 343. The van der Waals surface area contributed by atoms with Gasteiger partial charge in [-0.15, -0.1) is 0 Å². The normalized spacial score (nSPS) is 12.1. The second-order valence-electron chi connectivity index (χ2n) is 2.93. The molecule has 0 fully saturated rings. The number of methoxy groups -OCH3 is 1. The Morgan fingerprint density at radius 1 is 1.60 bits per heavy atom. The Labute approximate surface area is 87.3 Å².